The van der Waals surface area contributed by atoms with Crippen molar-refractivity contribution in [3.63, 3.8) is 0 Å². The van der Waals surface area contributed by atoms with Crippen LogP contribution in [0.5, 0.6) is 23.3 Å². The van der Waals surface area contributed by atoms with Gasteiger partial charge in [-0.25, -0.2) is 0 Å². The van der Waals surface area contributed by atoms with E-state index < -0.39 is 9.85 Å². The number of benzene rings is 4. The number of aromatic hydroxyl groups is 4. The number of nitro benzene ring substituents is 2. The summed E-state index contributed by atoms with van der Waals surface area (Å²) in [6.07, 6.45) is 0. The summed E-state index contributed by atoms with van der Waals surface area (Å²) in [5, 5.41) is 93.3. The van der Waals surface area contributed by atoms with Gasteiger partial charge in [-0.05, 0) is 50.2 Å². The van der Waals surface area contributed by atoms with Crippen molar-refractivity contribution in [3.05, 3.63) is 129 Å². The topological polar surface area (TPSA) is 299 Å². The van der Waals surface area contributed by atoms with Crippen molar-refractivity contribution in [2.24, 2.45) is 26.2 Å². The molecule has 2 aromatic heterocycles. The van der Waals surface area contributed by atoms with Crippen LogP contribution in [-0.2, 0) is 17.4 Å². The van der Waals surface area contributed by atoms with Crippen LogP contribution in [0.2, 0.25) is 0 Å². The maximum Gasteiger partial charge on any atom is 1.00 e. The van der Waals surface area contributed by atoms with E-state index in [1.54, 1.807) is 62.4 Å². The molecule has 0 saturated heterocycles. The standard InChI is InChI=1S/2C16H13N5O4.C2H7NO.Cr/c2*1-10-15(16(23)20(19-10)11-5-3-2-4-6-11)18-17-13-9-12(21(24)25)7-8-14(13)22;3-1-2-4;/h2*2-9,22-23H,1H3;4H,1-3H2;/p+1. The monoisotopic (exact) mass is 792 g/mol. The van der Waals surface area contributed by atoms with Gasteiger partial charge in [-0.15, -0.1) is 20.5 Å². The molecule has 0 bridgehead atoms. The van der Waals surface area contributed by atoms with Crippen LogP contribution in [0.25, 0.3) is 11.4 Å². The Hall–Kier alpha value is -7.05. The molecule has 6 aromatic rings. The van der Waals surface area contributed by atoms with Crippen LogP contribution < -0.4 is 5.73 Å². The van der Waals surface area contributed by atoms with Crippen LogP contribution >= 0.6 is 0 Å². The number of hydrogen-bond donors (Lipinski definition) is 6. The van der Waals surface area contributed by atoms with Gasteiger partial charge < -0.3 is 31.3 Å². The largest absolute Gasteiger partial charge is 1.00 e. The zero-order valence-electron chi connectivity index (χ0n) is 30.0. The summed E-state index contributed by atoms with van der Waals surface area (Å²) in [5.41, 5.74) is 6.47. The van der Waals surface area contributed by atoms with Crippen molar-refractivity contribution < 1.29 is 54.2 Å². The number of phenols is 2. The Labute approximate surface area is 323 Å². The number of rotatable bonds is 9. The number of phenolic OH excluding ortho intramolecular Hbond substituents is 2. The molecule has 20 nitrogen and oxygen atoms in total. The first-order chi connectivity index (χ1) is 25.9. The fourth-order valence-corrected chi connectivity index (χ4v) is 4.36. The van der Waals surface area contributed by atoms with E-state index in [2.05, 4.69) is 30.7 Å². The normalized spacial score (nSPS) is 10.6. The van der Waals surface area contributed by atoms with Crippen LogP contribution in [0.15, 0.2) is 118 Å². The molecule has 0 aliphatic heterocycles. The number of non-ortho nitro benzene ring substituents is 2. The Bertz CT molecular complexity index is 2150. The summed E-state index contributed by atoms with van der Waals surface area (Å²) in [5.74, 6) is -0.973. The van der Waals surface area contributed by atoms with Crippen molar-refractivity contribution >= 4 is 34.1 Å². The van der Waals surface area contributed by atoms with Crippen LogP contribution in [-0.4, -0.2) is 68.1 Å². The van der Waals surface area contributed by atoms with E-state index >= 15 is 0 Å². The van der Waals surface area contributed by atoms with E-state index in [0.29, 0.717) is 29.3 Å². The number of para-hydroxylation sites is 2. The number of hydrogen-bond acceptors (Lipinski definition) is 16. The molecular weight excluding hydrogens is 758 g/mol. The van der Waals surface area contributed by atoms with Gasteiger partial charge in [-0.1, -0.05) is 36.4 Å². The second kappa shape index (κ2) is 19.7. The second-order valence-electron chi connectivity index (χ2n) is 10.8. The molecule has 55 heavy (non-hydrogen) atoms. The maximum atomic E-state index is 10.8. The van der Waals surface area contributed by atoms with E-state index in [-0.39, 0.29) is 82.8 Å². The van der Waals surface area contributed by atoms with E-state index in [0.717, 1.165) is 36.4 Å². The summed E-state index contributed by atoms with van der Waals surface area (Å²) in [6.45, 7) is 3.75. The minimum absolute atomic E-state index is 0. The van der Waals surface area contributed by atoms with Crippen LogP contribution in [0.4, 0.5) is 34.1 Å². The van der Waals surface area contributed by atoms with E-state index in [9.17, 15) is 40.7 Å². The molecule has 0 atom stereocenters. The predicted molar refractivity (Wildman–Crippen MR) is 195 cm³/mol. The Balaban J connectivity index is 0.000000342. The second-order valence-corrected chi connectivity index (χ2v) is 10.8. The first kappa shape index (κ1) is 42.4. The summed E-state index contributed by atoms with van der Waals surface area (Å²) >= 11 is 0. The number of nitrogens with zero attached hydrogens (tertiary/aromatic N) is 10. The Kier molecular flexibility index (Phi) is 15.2. The number of azo groups is 2. The fraction of sp³-hybridized carbons (Fsp3) is 0.118. The van der Waals surface area contributed by atoms with Crippen LogP contribution in [0.1, 0.15) is 12.8 Å². The molecule has 0 amide bonds. The SMILES string of the molecule is Cc1nn(-c2ccccc2)c(O)c1N=Nc1cc([N+](=O)[O-])ccc1O.Cc1nn(-c2ccccc2)c(O)c1N=Nc1cc([N+](=O)[O-])ccc1O.NCCO.[Cr].[H+]. The number of aliphatic hydroxyl groups excluding tert-OH is 1. The van der Waals surface area contributed by atoms with Gasteiger partial charge in [0.1, 0.15) is 22.9 Å². The first-order valence-electron chi connectivity index (χ1n) is 15.6. The Morgan fingerprint density at radius 2 is 1.00 bits per heavy atom. The van der Waals surface area contributed by atoms with Crippen molar-refractivity contribution in [1.82, 2.24) is 19.6 Å². The van der Waals surface area contributed by atoms with E-state index in [4.69, 9.17) is 10.8 Å². The zero-order valence-corrected chi connectivity index (χ0v) is 30.3. The molecule has 21 heteroatoms. The van der Waals surface area contributed by atoms with E-state index in [1.807, 2.05) is 12.1 Å². The zero-order chi connectivity index (χ0) is 39.4. The molecule has 0 radical (unpaired) electrons. The van der Waals surface area contributed by atoms with Gasteiger partial charge in [0.05, 0.1) is 39.2 Å². The third kappa shape index (κ3) is 10.7. The first-order valence-corrected chi connectivity index (χ1v) is 15.6. The van der Waals surface area contributed by atoms with Crippen molar-refractivity contribution in [1.29, 1.82) is 0 Å². The molecular formula is C34H34CrN11O9+. The van der Waals surface area contributed by atoms with Gasteiger partial charge in [-0.2, -0.15) is 19.6 Å². The Morgan fingerprint density at radius 3 is 1.31 bits per heavy atom. The molecule has 284 valence electrons. The van der Waals surface area contributed by atoms with Gasteiger partial charge >= 0.3 is 1.43 Å². The van der Waals surface area contributed by atoms with E-state index in [1.165, 1.54) is 9.36 Å². The van der Waals surface area contributed by atoms with Gasteiger partial charge in [0.2, 0.25) is 11.8 Å². The smallest absolute Gasteiger partial charge is 0.506 e. The molecule has 2 heterocycles. The van der Waals surface area contributed by atoms with Crippen LogP contribution in [0, 0.1) is 34.1 Å². The molecule has 6 rings (SSSR count). The maximum absolute atomic E-state index is 10.8. The number of nitrogens with two attached hydrogens (primary N) is 1. The van der Waals surface area contributed by atoms with Crippen molar-refractivity contribution in [2.75, 3.05) is 13.2 Å². The predicted octanol–water partition coefficient (Wildman–Crippen LogP) is 6.88. The van der Waals surface area contributed by atoms with Gasteiger partial charge in [0, 0.05) is 48.2 Å². The third-order valence-corrected chi connectivity index (χ3v) is 7.00. The molecule has 0 unspecified atom stereocenters. The average Bonchev–Trinajstić information content (AvgIpc) is 3.63. The molecule has 0 saturated carbocycles. The molecule has 0 fully saturated rings. The molecule has 4 aromatic carbocycles. The van der Waals surface area contributed by atoms with Gasteiger partial charge in [0.15, 0.2) is 11.4 Å². The molecule has 7 N–H and O–H groups in total. The molecule has 0 spiro atoms. The minimum atomic E-state index is -0.603. The van der Waals surface area contributed by atoms with Gasteiger partial charge in [-0.3, -0.25) is 20.2 Å². The van der Waals surface area contributed by atoms with Crippen LogP contribution in [0.3, 0.4) is 0 Å². The number of nitro groups is 2. The Morgan fingerprint density at radius 1 is 0.655 bits per heavy atom. The number of aliphatic hydroxyl groups is 1. The summed E-state index contributed by atoms with van der Waals surface area (Å²) in [7, 11) is 0. The summed E-state index contributed by atoms with van der Waals surface area (Å²) in [4.78, 5) is 20.4. The van der Waals surface area contributed by atoms with Gasteiger partial charge in [0.25, 0.3) is 11.4 Å². The van der Waals surface area contributed by atoms with Crippen molar-refractivity contribution in [2.45, 2.75) is 13.8 Å². The number of aromatic nitrogens is 4. The number of aryl methyl sites for hydroxylation is 2. The molecule has 0 aliphatic carbocycles. The summed E-state index contributed by atoms with van der Waals surface area (Å²) < 4.78 is 2.61. The van der Waals surface area contributed by atoms with Crippen molar-refractivity contribution in [3.8, 4) is 34.6 Å². The molecule has 0 aliphatic rings. The third-order valence-electron chi connectivity index (χ3n) is 7.00. The fourth-order valence-electron chi connectivity index (χ4n) is 4.36. The summed E-state index contributed by atoms with van der Waals surface area (Å²) in [6, 6.07) is 24.7. The minimum Gasteiger partial charge on any atom is -0.506 e. The quantitative estimate of drug-likeness (QED) is 0.0496. The average molecular weight is 793 g/mol.